The Balaban J connectivity index is 1.51. The zero-order valence-electron chi connectivity index (χ0n) is 18.8. The number of likely N-dealkylation sites (tertiary alicyclic amines) is 1. The number of carbonyl (C=O) groups is 1. The maximum absolute atomic E-state index is 12.5. The molecule has 1 fully saturated rings. The molecular formula is C24H31N5O2. The van der Waals surface area contributed by atoms with Gasteiger partial charge in [-0.2, -0.15) is 5.10 Å². The molecule has 0 saturated carbocycles. The fraction of sp³-hybridized carbons (Fsp3) is 0.458. The van der Waals surface area contributed by atoms with Crippen LogP contribution in [0.5, 0.6) is 0 Å². The number of carbonyl (C=O) groups excluding carboxylic acids is 1. The smallest absolute Gasteiger partial charge is 0.410 e. The second kappa shape index (κ2) is 8.57. The van der Waals surface area contributed by atoms with Gasteiger partial charge in [-0.15, -0.1) is 0 Å². The molecule has 1 aromatic carbocycles. The lowest BCUT2D eigenvalue weighted by molar-refractivity contribution is 0.0235. The van der Waals surface area contributed by atoms with E-state index in [1.165, 1.54) is 5.56 Å². The molecule has 3 aromatic rings. The minimum absolute atomic E-state index is 0.0954. The lowest BCUT2D eigenvalue weighted by Crippen LogP contribution is -2.42. The number of ether oxygens (including phenoxy) is 1. The van der Waals surface area contributed by atoms with Crippen molar-refractivity contribution in [1.29, 1.82) is 0 Å². The first-order chi connectivity index (χ1) is 14.9. The van der Waals surface area contributed by atoms with Gasteiger partial charge in [-0.1, -0.05) is 31.2 Å². The minimum Gasteiger partial charge on any atom is -0.444 e. The fourth-order valence-electron chi connectivity index (χ4n) is 4.08. The van der Waals surface area contributed by atoms with Gasteiger partial charge in [0.2, 0.25) is 0 Å². The molecule has 1 amide bonds. The van der Waals surface area contributed by atoms with Gasteiger partial charge in [0.15, 0.2) is 5.65 Å². The summed E-state index contributed by atoms with van der Waals surface area (Å²) in [5.74, 6) is 0.777. The van der Waals surface area contributed by atoms with Crippen LogP contribution in [0.1, 0.15) is 46.1 Å². The molecule has 2 aromatic heterocycles. The maximum Gasteiger partial charge on any atom is 0.410 e. The van der Waals surface area contributed by atoms with Gasteiger partial charge >= 0.3 is 6.09 Å². The summed E-state index contributed by atoms with van der Waals surface area (Å²) in [6, 6.07) is 10.4. The Morgan fingerprint density at radius 1 is 1.23 bits per heavy atom. The minimum atomic E-state index is -0.489. The summed E-state index contributed by atoms with van der Waals surface area (Å²) in [5, 5.41) is 7.90. The predicted octanol–water partition coefficient (Wildman–Crippen LogP) is 4.77. The second-order valence-corrected chi connectivity index (χ2v) is 9.00. The van der Waals surface area contributed by atoms with E-state index in [0.717, 1.165) is 48.4 Å². The van der Waals surface area contributed by atoms with E-state index in [1.807, 2.05) is 50.2 Å². The highest BCUT2D eigenvalue weighted by molar-refractivity contribution is 5.79. The summed E-state index contributed by atoms with van der Waals surface area (Å²) >= 11 is 0. The van der Waals surface area contributed by atoms with Crippen LogP contribution in [0, 0.1) is 0 Å². The zero-order valence-corrected chi connectivity index (χ0v) is 18.8. The lowest BCUT2D eigenvalue weighted by Gasteiger charge is -2.28. The van der Waals surface area contributed by atoms with Crippen LogP contribution in [0.2, 0.25) is 0 Å². The number of aromatic nitrogens is 3. The maximum atomic E-state index is 12.5. The lowest BCUT2D eigenvalue weighted by atomic mass is 10.0. The van der Waals surface area contributed by atoms with Crippen molar-refractivity contribution in [2.75, 3.05) is 18.4 Å². The summed E-state index contributed by atoms with van der Waals surface area (Å²) in [4.78, 5) is 19.2. The van der Waals surface area contributed by atoms with E-state index in [4.69, 9.17) is 9.72 Å². The van der Waals surface area contributed by atoms with Crippen LogP contribution in [0.15, 0.2) is 42.7 Å². The highest BCUT2D eigenvalue weighted by Crippen LogP contribution is 2.28. The highest BCUT2D eigenvalue weighted by Gasteiger charge is 2.32. The number of amides is 1. The van der Waals surface area contributed by atoms with Crippen molar-refractivity contribution in [3.05, 3.63) is 48.3 Å². The van der Waals surface area contributed by atoms with Gasteiger partial charge in [-0.25, -0.2) is 14.3 Å². The van der Waals surface area contributed by atoms with Crippen molar-refractivity contribution in [2.45, 2.75) is 58.6 Å². The Labute approximate surface area is 183 Å². The Bertz CT molecular complexity index is 1070. The molecule has 1 aliphatic rings. The van der Waals surface area contributed by atoms with E-state index in [0.29, 0.717) is 6.54 Å². The number of benzene rings is 1. The molecule has 1 unspecified atom stereocenters. The quantitative estimate of drug-likeness (QED) is 0.642. The molecule has 7 heteroatoms. The molecule has 1 N–H and O–H groups in total. The first kappa shape index (κ1) is 21.2. The predicted molar refractivity (Wildman–Crippen MR) is 122 cm³/mol. The highest BCUT2D eigenvalue weighted by atomic mass is 16.6. The van der Waals surface area contributed by atoms with Gasteiger partial charge in [0.1, 0.15) is 11.4 Å². The third-order valence-corrected chi connectivity index (χ3v) is 5.58. The van der Waals surface area contributed by atoms with Crippen LogP contribution in [0.4, 0.5) is 10.6 Å². The molecule has 1 atom stereocenters. The van der Waals surface area contributed by atoms with Crippen molar-refractivity contribution >= 4 is 17.6 Å². The topological polar surface area (TPSA) is 71.8 Å². The molecular weight excluding hydrogens is 390 g/mol. The number of hydrogen-bond donors (Lipinski definition) is 1. The van der Waals surface area contributed by atoms with Crippen LogP contribution >= 0.6 is 0 Å². The van der Waals surface area contributed by atoms with Gasteiger partial charge in [-0.3, -0.25) is 0 Å². The Morgan fingerprint density at radius 3 is 2.81 bits per heavy atom. The van der Waals surface area contributed by atoms with E-state index >= 15 is 0 Å². The summed E-state index contributed by atoms with van der Waals surface area (Å²) in [7, 11) is 0. The third-order valence-electron chi connectivity index (χ3n) is 5.58. The number of nitrogens with one attached hydrogen (secondary N) is 1. The molecule has 1 saturated heterocycles. The average molecular weight is 422 g/mol. The van der Waals surface area contributed by atoms with Crippen molar-refractivity contribution in [1.82, 2.24) is 19.5 Å². The van der Waals surface area contributed by atoms with Gasteiger partial charge in [0.05, 0.1) is 12.2 Å². The van der Waals surface area contributed by atoms with Crippen LogP contribution in [-0.4, -0.2) is 50.3 Å². The van der Waals surface area contributed by atoms with E-state index in [-0.39, 0.29) is 12.1 Å². The molecule has 31 heavy (non-hydrogen) atoms. The normalized spacial score (nSPS) is 16.6. The van der Waals surface area contributed by atoms with Crippen LogP contribution < -0.4 is 5.32 Å². The second-order valence-electron chi connectivity index (χ2n) is 9.00. The standard InChI is InChI=1S/C24H31N5O2/c1-5-17-9-6-7-11-19(17)20-16-26-29-14-12-21(27-22(20)29)25-15-18-10-8-13-28(18)23(30)31-24(2,3)4/h6-7,9,11-12,14,16,18H,5,8,10,13,15H2,1-4H3,(H,25,27). The van der Waals surface area contributed by atoms with Crippen molar-refractivity contribution in [3.8, 4) is 11.1 Å². The van der Waals surface area contributed by atoms with Crippen molar-refractivity contribution in [2.24, 2.45) is 0 Å². The molecule has 164 valence electrons. The third kappa shape index (κ3) is 4.65. The van der Waals surface area contributed by atoms with E-state index < -0.39 is 5.60 Å². The fourth-order valence-corrected chi connectivity index (χ4v) is 4.08. The molecule has 3 heterocycles. The van der Waals surface area contributed by atoms with Gasteiger partial charge in [-0.05, 0) is 57.2 Å². The Kier molecular flexibility index (Phi) is 5.85. The average Bonchev–Trinajstić information content (AvgIpc) is 3.37. The number of hydrogen-bond acceptors (Lipinski definition) is 5. The molecule has 7 nitrogen and oxygen atoms in total. The van der Waals surface area contributed by atoms with E-state index in [2.05, 4.69) is 35.5 Å². The monoisotopic (exact) mass is 421 g/mol. The van der Waals surface area contributed by atoms with E-state index in [9.17, 15) is 4.79 Å². The molecule has 1 aliphatic heterocycles. The van der Waals surface area contributed by atoms with Crippen LogP contribution in [-0.2, 0) is 11.2 Å². The van der Waals surface area contributed by atoms with Crippen molar-refractivity contribution in [3.63, 3.8) is 0 Å². The number of nitrogens with zero attached hydrogens (tertiary/aromatic N) is 4. The van der Waals surface area contributed by atoms with Crippen LogP contribution in [0.3, 0.4) is 0 Å². The SMILES string of the molecule is CCc1ccccc1-c1cnn2ccc(NCC3CCCN3C(=O)OC(C)(C)C)nc12. The summed E-state index contributed by atoms with van der Waals surface area (Å²) < 4.78 is 7.37. The summed E-state index contributed by atoms with van der Waals surface area (Å²) in [6.07, 6.45) is 6.45. The number of aryl methyl sites for hydroxylation is 1. The number of fused-ring (bicyclic) bond motifs is 1. The largest absolute Gasteiger partial charge is 0.444 e. The number of anilines is 1. The summed E-state index contributed by atoms with van der Waals surface area (Å²) in [5.41, 5.74) is 3.80. The van der Waals surface area contributed by atoms with Gasteiger partial charge in [0.25, 0.3) is 0 Å². The van der Waals surface area contributed by atoms with E-state index in [1.54, 1.807) is 4.52 Å². The summed E-state index contributed by atoms with van der Waals surface area (Å²) in [6.45, 7) is 9.21. The molecule has 0 aliphatic carbocycles. The van der Waals surface area contributed by atoms with Gasteiger partial charge < -0.3 is 15.0 Å². The van der Waals surface area contributed by atoms with Gasteiger partial charge in [0, 0.05) is 24.8 Å². The molecule has 0 bridgehead atoms. The van der Waals surface area contributed by atoms with Crippen LogP contribution in [0.25, 0.3) is 16.8 Å². The molecule has 0 spiro atoms. The number of rotatable bonds is 5. The first-order valence-electron chi connectivity index (χ1n) is 11.0. The molecule has 0 radical (unpaired) electrons. The Hall–Kier alpha value is -3.09. The molecule has 4 rings (SSSR count). The van der Waals surface area contributed by atoms with Crippen molar-refractivity contribution < 1.29 is 9.53 Å². The Morgan fingerprint density at radius 2 is 2.03 bits per heavy atom. The zero-order chi connectivity index (χ0) is 22.0. The first-order valence-corrected chi connectivity index (χ1v) is 11.0.